The highest BCUT2D eigenvalue weighted by Crippen LogP contribution is 2.10. The van der Waals surface area contributed by atoms with Gasteiger partial charge in [0, 0.05) is 32.6 Å². The van der Waals surface area contributed by atoms with Gasteiger partial charge >= 0.3 is 0 Å². The van der Waals surface area contributed by atoms with Crippen LogP contribution in [0.1, 0.15) is 17.5 Å². The van der Waals surface area contributed by atoms with Gasteiger partial charge in [0.25, 0.3) is 0 Å². The SMILES string of the molecule is COC1CNC(C(=O)NCc2cnccc2C)C1. The van der Waals surface area contributed by atoms with Gasteiger partial charge in [0.2, 0.25) is 5.91 Å². The Bertz CT molecular complexity index is 422. The quantitative estimate of drug-likeness (QED) is 0.810. The second-order valence-corrected chi connectivity index (χ2v) is 4.57. The predicted octanol–water partition coefficient (Wildman–Crippen LogP) is 0.383. The summed E-state index contributed by atoms with van der Waals surface area (Å²) in [4.78, 5) is 16.0. The minimum absolute atomic E-state index is 0.0257. The fraction of sp³-hybridized carbons (Fsp3) is 0.538. The summed E-state index contributed by atoms with van der Waals surface area (Å²) in [6.45, 7) is 3.27. The van der Waals surface area contributed by atoms with Gasteiger partial charge in [-0.05, 0) is 30.5 Å². The molecule has 2 N–H and O–H groups in total. The Kier molecular flexibility index (Phi) is 4.28. The molecule has 1 aromatic rings. The van der Waals surface area contributed by atoms with E-state index in [1.807, 2.05) is 13.0 Å². The molecule has 1 fully saturated rings. The van der Waals surface area contributed by atoms with E-state index in [-0.39, 0.29) is 18.1 Å². The number of pyridine rings is 1. The van der Waals surface area contributed by atoms with Crippen LogP contribution < -0.4 is 10.6 Å². The van der Waals surface area contributed by atoms with Gasteiger partial charge in [-0.25, -0.2) is 0 Å². The first kappa shape index (κ1) is 13.0. The lowest BCUT2D eigenvalue weighted by atomic mass is 10.1. The molecule has 0 bridgehead atoms. The lowest BCUT2D eigenvalue weighted by Gasteiger charge is -2.12. The smallest absolute Gasteiger partial charge is 0.237 e. The third-order valence-corrected chi connectivity index (χ3v) is 3.34. The maximum atomic E-state index is 11.9. The molecule has 18 heavy (non-hydrogen) atoms. The molecule has 5 nitrogen and oxygen atoms in total. The minimum atomic E-state index is -0.146. The molecule has 1 aliphatic heterocycles. The average molecular weight is 249 g/mol. The molecule has 1 amide bonds. The molecule has 1 aromatic heterocycles. The molecule has 2 unspecified atom stereocenters. The summed E-state index contributed by atoms with van der Waals surface area (Å²) in [6, 6.07) is 1.79. The van der Waals surface area contributed by atoms with Crippen molar-refractivity contribution in [2.24, 2.45) is 0 Å². The zero-order valence-electron chi connectivity index (χ0n) is 10.8. The summed E-state index contributed by atoms with van der Waals surface area (Å²) >= 11 is 0. The summed E-state index contributed by atoms with van der Waals surface area (Å²) in [5, 5.41) is 6.08. The molecule has 0 spiro atoms. The number of nitrogens with one attached hydrogen (secondary N) is 2. The van der Waals surface area contributed by atoms with Crippen LogP contribution in [0.3, 0.4) is 0 Å². The van der Waals surface area contributed by atoms with Gasteiger partial charge in [0.15, 0.2) is 0 Å². The van der Waals surface area contributed by atoms with Gasteiger partial charge in [-0.2, -0.15) is 0 Å². The Morgan fingerprint density at radius 2 is 2.50 bits per heavy atom. The topological polar surface area (TPSA) is 63.2 Å². The number of carbonyl (C=O) groups excluding carboxylic acids is 1. The Hall–Kier alpha value is -1.46. The number of carbonyl (C=O) groups is 1. The maximum absolute atomic E-state index is 11.9. The van der Waals surface area contributed by atoms with Crippen molar-refractivity contribution in [2.75, 3.05) is 13.7 Å². The zero-order chi connectivity index (χ0) is 13.0. The van der Waals surface area contributed by atoms with Gasteiger partial charge in [0.05, 0.1) is 12.1 Å². The number of nitrogens with zero attached hydrogens (tertiary/aromatic N) is 1. The molecule has 0 saturated carbocycles. The molecule has 98 valence electrons. The van der Waals surface area contributed by atoms with Crippen molar-refractivity contribution >= 4 is 5.91 Å². The second-order valence-electron chi connectivity index (χ2n) is 4.57. The van der Waals surface area contributed by atoms with E-state index in [0.717, 1.165) is 24.1 Å². The number of amides is 1. The van der Waals surface area contributed by atoms with Crippen LogP contribution in [0.15, 0.2) is 18.5 Å². The maximum Gasteiger partial charge on any atom is 0.237 e. The van der Waals surface area contributed by atoms with Gasteiger partial charge in [-0.15, -0.1) is 0 Å². The van der Waals surface area contributed by atoms with Crippen LogP contribution in [-0.4, -0.2) is 36.7 Å². The molecule has 1 aliphatic rings. The summed E-state index contributed by atoms with van der Waals surface area (Å²) in [6.07, 6.45) is 4.41. The van der Waals surface area contributed by atoms with Crippen molar-refractivity contribution in [3.05, 3.63) is 29.6 Å². The van der Waals surface area contributed by atoms with Crippen molar-refractivity contribution in [1.82, 2.24) is 15.6 Å². The van der Waals surface area contributed by atoms with Gasteiger partial charge in [-0.1, -0.05) is 0 Å². The number of rotatable bonds is 4. The van der Waals surface area contributed by atoms with E-state index in [2.05, 4.69) is 15.6 Å². The van der Waals surface area contributed by atoms with Crippen LogP contribution in [0.4, 0.5) is 0 Å². The normalized spacial score (nSPS) is 23.0. The molecular weight excluding hydrogens is 230 g/mol. The first-order valence-electron chi connectivity index (χ1n) is 6.14. The third-order valence-electron chi connectivity index (χ3n) is 3.34. The summed E-state index contributed by atoms with van der Waals surface area (Å²) in [7, 11) is 1.67. The van der Waals surface area contributed by atoms with Crippen LogP contribution in [0.2, 0.25) is 0 Å². The van der Waals surface area contributed by atoms with Gasteiger partial charge in [0.1, 0.15) is 0 Å². The molecule has 0 aromatic carbocycles. The predicted molar refractivity (Wildman–Crippen MR) is 68.0 cm³/mol. The first-order chi connectivity index (χ1) is 8.70. The fourth-order valence-electron chi connectivity index (χ4n) is 2.07. The van der Waals surface area contributed by atoms with Gasteiger partial charge in [-0.3, -0.25) is 9.78 Å². The van der Waals surface area contributed by atoms with Crippen molar-refractivity contribution in [2.45, 2.75) is 32.0 Å². The molecule has 2 atom stereocenters. The van der Waals surface area contributed by atoms with Crippen LogP contribution in [-0.2, 0) is 16.1 Å². The fourth-order valence-corrected chi connectivity index (χ4v) is 2.07. The first-order valence-corrected chi connectivity index (χ1v) is 6.14. The summed E-state index contributed by atoms with van der Waals surface area (Å²) in [5.74, 6) is 0.0257. The second kappa shape index (κ2) is 5.93. The van der Waals surface area contributed by atoms with Crippen molar-refractivity contribution in [1.29, 1.82) is 0 Å². The number of aromatic nitrogens is 1. The van der Waals surface area contributed by atoms with E-state index in [1.165, 1.54) is 0 Å². The van der Waals surface area contributed by atoms with Crippen LogP contribution in [0.5, 0.6) is 0 Å². The van der Waals surface area contributed by atoms with E-state index in [1.54, 1.807) is 19.5 Å². The largest absolute Gasteiger partial charge is 0.380 e. The summed E-state index contributed by atoms with van der Waals surface area (Å²) < 4.78 is 5.22. The van der Waals surface area contributed by atoms with Gasteiger partial charge < -0.3 is 15.4 Å². The standard InChI is InChI=1S/C13H19N3O2/c1-9-3-4-14-6-10(9)7-16-13(17)12-5-11(18-2)8-15-12/h3-4,6,11-12,15H,5,7-8H2,1-2H3,(H,16,17). The Balaban J connectivity index is 1.84. The molecule has 2 rings (SSSR count). The van der Waals surface area contributed by atoms with Crippen molar-refractivity contribution in [3.8, 4) is 0 Å². The van der Waals surface area contributed by atoms with E-state index in [0.29, 0.717) is 6.54 Å². The van der Waals surface area contributed by atoms with Crippen molar-refractivity contribution in [3.63, 3.8) is 0 Å². The molecule has 0 radical (unpaired) electrons. The lowest BCUT2D eigenvalue weighted by Crippen LogP contribution is -2.40. The van der Waals surface area contributed by atoms with Crippen LogP contribution in [0.25, 0.3) is 0 Å². The van der Waals surface area contributed by atoms with Crippen LogP contribution in [0, 0.1) is 6.92 Å². The minimum Gasteiger partial charge on any atom is -0.380 e. The van der Waals surface area contributed by atoms with E-state index >= 15 is 0 Å². The molecule has 5 heteroatoms. The lowest BCUT2D eigenvalue weighted by molar-refractivity contribution is -0.123. The Morgan fingerprint density at radius 3 is 3.17 bits per heavy atom. The number of hydrogen-bond donors (Lipinski definition) is 2. The third kappa shape index (κ3) is 3.05. The van der Waals surface area contributed by atoms with Crippen molar-refractivity contribution < 1.29 is 9.53 Å². The van der Waals surface area contributed by atoms with E-state index < -0.39 is 0 Å². The summed E-state index contributed by atoms with van der Waals surface area (Å²) in [5.41, 5.74) is 2.19. The average Bonchev–Trinajstić information content (AvgIpc) is 2.86. The molecule has 1 saturated heterocycles. The molecule has 2 heterocycles. The molecular formula is C13H19N3O2. The van der Waals surface area contributed by atoms with E-state index in [4.69, 9.17) is 4.74 Å². The highest BCUT2D eigenvalue weighted by molar-refractivity contribution is 5.82. The number of methoxy groups -OCH3 is 1. The highest BCUT2D eigenvalue weighted by Gasteiger charge is 2.28. The molecule has 0 aliphatic carbocycles. The number of aryl methyl sites for hydroxylation is 1. The van der Waals surface area contributed by atoms with Crippen LogP contribution >= 0.6 is 0 Å². The Morgan fingerprint density at radius 1 is 1.67 bits per heavy atom. The number of ether oxygens (including phenoxy) is 1. The Labute approximate surface area is 107 Å². The zero-order valence-corrected chi connectivity index (χ0v) is 10.8. The highest BCUT2D eigenvalue weighted by atomic mass is 16.5. The number of hydrogen-bond acceptors (Lipinski definition) is 4. The monoisotopic (exact) mass is 249 g/mol. The van der Waals surface area contributed by atoms with E-state index in [9.17, 15) is 4.79 Å².